The number of hydrogen-bond donors (Lipinski definition) is 2. The lowest BCUT2D eigenvalue weighted by molar-refractivity contribution is 0.466. The van der Waals surface area contributed by atoms with Gasteiger partial charge in [0.2, 0.25) is 5.43 Å². The lowest BCUT2D eigenvalue weighted by Gasteiger charge is -2.16. The number of aryl methyl sites for hydroxylation is 1. The van der Waals surface area contributed by atoms with Crippen molar-refractivity contribution in [1.29, 1.82) is 0 Å². The molecule has 4 rings (SSSR count). The third-order valence-electron chi connectivity index (χ3n) is 4.69. The van der Waals surface area contributed by atoms with Crippen LogP contribution in [0.3, 0.4) is 0 Å². The fraction of sp³-hybridized carbons (Fsp3) is 0.100. The number of aromatic hydroxyl groups is 1. The van der Waals surface area contributed by atoms with E-state index < -0.39 is 5.43 Å². The average Bonchev–Trinajstić information content (AvgIpc) is 2.99. The van der Waals surface area contributed by atoms with Crippen molar-refractivity contribution >= 4 is 16.7 Å². The van der Waals surface area contributed by atoms with E-state index in [0.717, 1.165) is 33.3 Å². The van der Waals surface area contributed by atoms with Crippen molar-refractivity contribution in [1.82, 2.24) is 14.3 Å². The summed E-state index contributed by atoms with van der Waals surface area (Å²) in [4.78, 5) is 11.6. The quantitative estimate of drug-likeness (QED) is 0.584. The Morgan fingerprint density at radius 3 is 2.77 bits per heavy atom. The highest BCUT2D eigenvalue weighted by Crippen LogP contribution is 2.31. The molecule has 0 aliphatic carbocycles. The number of nitrogens with zero attached hydrogens (tertiary/aromatic N) is 3. The minimum absolute atomic E-state index is 0.273. The molecule has 6 nitrogen and oxygen atoms in total. The van der Waals surface area contributed by atoms with Gasteiger partial charge < -0.3 is 10.8 Å². The molecule has 0 saturated heterocycles. The first-order valence-corrected chi connectivity index (χ1v) is 8.19. The summed E-state index contributed by atoms with van der Waals surface area (Å²) < 4.78 is 3.47. The summed E-state index contributed by atoms with van der Waals surface area (Å²) >= 11 is 0. The van der Waals surface area contributed by atoms with Crippen molar-refractivity contribution in [3.05, 3.63) is 70.6 Å². The lowest BCUT2D eigenvalue weighted by atomic mass is 9.98. The second-order valence-electron chi connectivity index (χ2n) is 6.31. The molecule has 3 N–H and O–H groups in total. The predicted octanol–water partition coefficient (Wildman–Crippen LogP) is 2.99. The minimum atomic E-state index is -0.491. The third kappa shape index (κ3) is 2.43. The van der Waals surface area contributed by atoms with Crippen LogP contribution in [0.25, 0.3) is 27.7 Å². The summed E-state index contributed by atoms with van der Waals surface area (Å²) in [6.45, 7) is 1.99. The Hall–Kier alpha value is -3.54. The number of aromatic nitrogens is 3. The summed E-state index contributed by atoms with van der Waals surface area (Å²) in [7, 11) is 1.92. The van der Waals surface area contributed by atoms with Gasteiger partial charge in [-0.1, -0.05) is 24.3 Å². The van der Waals surface area contributed by atoms with Gasteiger partial charge in [0.05, 0.1) is 23.6 Å². The zero-order valence-corrected chi connectivity index (χ0v) is 14.5. The normalized spacial score (nSPS) is 11.2. The second kappa shape index (κ2) is 5.77. The van der Waals surface area contributed by atoms with Gasteiger partial charge in [0, 0.05) is 18.5 Å². The number of anilines is 1. The van der Waals surface area contributed by atoms with Crippen molar-refractivity contribution in [3.63, 3.8) is 0 Å². The van der Waals surface area contributed by atoms with E-state index in [2.05, 4.69) is 17.2 Å². The van der Waals surface area contributed by atoms with E-state index >= 15 is 0 Å². The molecule has 2 heterocycles. The van der Waals surface area contributed by atoms with Crippen LogP contribution in [0, 0.1) is 6.92 Å². The van der Waals surface area contributed by atoms with E-state index in [4.69, 9.17) is 5.73 Å². The molecule has 130 valence electrons. The molecule has 0 saturated carbocycles. The molecule has 0 atom stereocenters. The van der Waals surface area contributed by atoms with Crippen LogP contribution in [0.2, 0.25) is 0 Å². The number of pyridine rings is 1. The van der Waals surface area contributed by atoms with Gasteiger partial charge in [-0.05, 0) is 35.7 Å². The SMILES string of the molecule is Cc1c(-c2ccc3cnn(C)c3c2)cccc1-n1cc(O)c(=O)cc1N. The van der Waals surface area contributed by atoms with Crippen LogP contribution in [-0.2, 0) is 7.05 Å². The van der Waals surface area contributed by atoms with E-state index in [1.807, 2.05) is 49.1 Å². The summed E-state index contributed by atoms with van der Waals surface area (Å²) in [5.41, 5.74) is 10.5. The Morgan fingerprint density at radius 1 is 1.15 bits per heavy atom. The standard InChI is InChI=1S/C20H18N4O2/c1-12-15(13-6-7-14-10-22-23(2)17(14)8-13)4-3-5-16(12)24-11-19(26)18(25)9-20(24)21/h3-11,26H,21H2,1-2H3. The van der Waals surface area contributed by atoms with Gasteiger partial charge in [-0.15, -0.1) is 0 Å². The molecule has 0 aliphatic heterocycles. The molecule has 6 heteroatoms. The van der Waals surface area contributed by atoms with Gasteiger partial charge >= 0.3 is 0 Å². The van der Waals surface area contributed by atoms with Gasteiger partial charge in [0.15, 0.2) is 5.75 Å². The van der Waals surface area contributed by atoms with Crippen LogP contribution >= 0.6 is 0 Å². The Labute approximate surface area is 149 Å². The van der Waals surface area contributed by atoms with E-state index in [1.165, 1.54) is 12.3 Å². The van der Waals surface area contributed by atoms with Crippen molar-refractivity contribution in [2.24, 2.45) is 7.05 Å². The third-order valence-corrected chi connectivity index (χ3v) is 4.69. The van der Waals surface area contributed by atoms with Crippen molar-refractivity contribution in [3.8, 4) is 22.6 Å². The molecule has 2 aromatic heterocycles. The number of benzene rings is 2. The van der Waals surface area contributed by atoms with E-state index in [-0.39, 0.29) is 11.6 Å². The largest absolute Gasteiger partial charge is 0.503 e. The summed E-state index contributed by atoms with van der Waals surface area (Å²) in [6, 6.07) is 13.3. The highest BCUT2D eigenvalue weighted by Gasteiger charge is 2.12. The zero-order valence-electron chi connectivity index (χ0n) is 14.5. The van der Waals surface area contributed by atoms with E-state index in [9.17, 15) is 9.90 Å². The second-order valence-corrected chi connectivity index (χ2v) is 6.31. The number of hydrogen-bond acceptors (Lipinski definition) is 4. The Balaban J connectivity index is 1.92. The summed E-state index contributed by atoms with van der Waals surface area (Å²) in [5.74, 6) is -0.0598. The molecule has 0 fully saturated rings. The highest BCUT2D eigenvalue weighted by atomic mass is 16.3. The van der Waals surface area contributed by atoms with Gasteiger partial charge in [0.25, 0.3) is 0 Å². The summed E-state index contributed by atoms with van der Waals surface area (Å²) in [6.07, 6.45) is 3.19. The molecule has 0 aliphatic rings. The van der Waals surface area contributed by atoms with Crippen LogP contribution in [0.5, 0.6) is 5.75 Å². The summed E-state index contributed by atoms with van der Waals surface area (Å²) in [5, 5.41) is 15.2. The molecule has 0 spiro atoms. The minimum Gasteiger partial charge on any atom is -0.503 e. The maximum atomic E-state index is 11.6. The van der Waals surface area contributed by atoms with Gasteiger partial charge in [-0.25, -0.2) is 0 Å². The molecule has 2 aromatic carbocycles. The van der Waals surface area contributed by atoms with Crippen LogP contribution < -0.4 is 11.2 Å². The molecular weight excluding hydrogens is 328 g/mol. The van der Waals surface area contributed by atoms with Gasteiger partial charge in [0.1, 0.15) is 5.82 Å². The fourth-order valence-corrected chi connectivity index (χ4v) is 3.26. The van der Waals surface area contributed by atoms with Gasteiger partial charge in [-0.3, -0.25) is 14.0 Å². The highest BCUT2D eigenvalue weighted by molar-refractivity contribution is 5.85. The first kappa shape index (κ1) is 16.0. The van der Waals surface area contributed by atoms with Crippen LogP contribution in [0.15, 0.2) is 59.7 Å². The maximum Gasteiger partial charge on any atom is 0.225 e. The first-order valence-electron chi connectivity index (χ1n) is 8.19. The van der Waals surface area contributed by atoms with Crippen LogP contribution in [0.4, 0.5) is 5.82 Å². The van der Waals surface area contributed by atoms with E-state index in [1.54, 1.807) is 4.57 Å². The molecule has 0 amide bonds. The first-order chi connectivity index (χ1) is 12.5. The monoisotopic (exact) mass is 346 g/mol. The van der Waals surface area contributed by atoms with Crippen LogP contribution in [0.1, 0.15) is 5.56 Å². The molecule has 4 aromatic rings. The van der Waals surface area contributed by atoms with Crippen molar-refractivity contribution in [2.75, 3.05) is 5.73 Å². The number of fused-ring (bicyclic) bond motifs is 1. The van der Waals surface area contributed by atoms with E-state index in [0.29, 0.717) is 0 Å². The molecule has 0 bridgehead atoms. The molecule has 0 radical (unpaired) electrons. The van der Waals surface area contributed by atoms with Gasteiger partial charge in [-0.2, -0.15) is 5.10 Å². The molecular formula is C20H18N4O2. The van der Waals surface area contributed by atoms with Crippen molar-refractivity contribution < 1.29 is 5.11 Å². The topological polar surface area (TPSA) is 86.1 Å². The smallest absolute Gasteiger partial charge is 0.225 e. The van der Waals surface area contributed by atoms with Crippen LogP contribution in [-0.4, -0.2) is 19.5 Å². The molecule has 26 heavy (non-hydrogen) atoms. The number of nitrogens with two attached hydrogens (primary N) is 1. The van der Waals surface area contributed by atoms with Crippen molar-refractivity contribution in [2.45, 2.75) is 6.92 Å². The zero-order chi connectivity index (χ0) is 18.4. The molecule has 0 unspecified atom stereocenters. The maximum absolute atomic E-state index is 11.6. The Kier molecular flexibility index (Phi) is 3.54. The average molecular weight is 346 g/mol. The lowest BCUT2D eigenvalue weighted by Crippen LogP contribution is -2.11. The fourth-order valence-electron chi connectivity index (χ4n) is 3.26. The Bertz CT molecular complexity index is 1200. The number of rotatable bonds is 2. The number of nitrogen functional groups attached to an aromatic ring is 1. The predicted molar refractivity (Wildman–Crippen MR) is 103 cm³/mol. The Morgan fingerprint density at radius 2 is 1.96 bits per heavy atom.